The Kier molecular flexibility index (Phi) is 4.09. The van der Waals surface area contributed by atoms with Crippen LogP contribution in [0, 0.1) is 0 Å². The number of hydrogen-bond acceptors (Lipinski definition) is 2. The van der Waals surface area contributed by atoms with Crippen LogP contribution in [0.4, 0.5) is 0 Å². The summed E-state index contributed by atoms with van der Waals surface area (Å²) in [4.78, 5) is 12.6. The molecule has 0 saturated heterocycles. The van der Waals surface area contributed by atoms with Gasteiger partial charge in [-0.15, -0.1) is 0 Å². The van der Waals surface area contributed by atoms with Crippen molar-refractivity contribution in [1.82, 2.24) is 14.8 Å². The number of aliphatic imine (C=N–C) groups is 1. The summed E-state index contributed by atoms with van der Waals surface area (Å²) in [7, 11) is 7.95. The first kappa shape index (κ1) is 11.5. The van der Waals surface area contributed by atoms with Crippen LogP contribution in [0.25, 0.3) is 0 Å². The summed E-state index contributed by atoms with van der Waals surface area (Å²) in [5, 5.41) is 0. The topological polar surface area (TPSA) is 31.7 Å². The molecule has 0 aromatic carbocycles. The van der Waals surface area contributed by atoms with Crippen molar-refractivity contribution in [1.29, 1.82) is 0 Å². The van der Waals surface area contributed by atoms with E-state index in [1.807, 2.05) is 56.3 Å². The molecule has 0 aliphatic carbocycles. The lowest BCUT2D eigenvalue weighted by atomic mass is 10.3. The fourth-order valence-corrected chi connectivity index (χ4v) is 1.34. The molecule has 1 heterocycles. The van der Waals surface area contributed by atoms with E-state index >= 15 is 0 Å². The highest BCUT2D eigenvalue weighted by Crippen LogP contribution is 1.99. The Morgan fingerprint density at radius 3 is 2.40 bits per heavy atom. The maximum Gasteiger partial charge on any atom is 0.195 e. The molecule has 0 bridgehead atoms. The number of rotatable bonds is 2. The van der Waals surface area contributed by atoms with Crippen LogP contribution in [0.2, 0.25) is 0 Å². The summed E-state index contributed by atoms with van der Waals surface area (Å²) in [5.74, 6) is 0.957. The third-order valence-electron chi connectivity index (χ3n) is 1.93. The molecular weight excluding hydrogens is 188 g/mol. The van der Waals surface area contributed by atoms with Gasteiger partial charge < -0.3 is 9.80 Å². The Morgan fingerprint density at radius 1 is 1.27 bits per heavy atom. The Bertz CT molecular complexity index is 307. The number of aromatic nitrogens is 1. The lowest BCUT2D eigenvalue weighted by molar-refractivity contribution is 0.479. The van der Waals surface area contributed by atoms with Gasteiger partial charge in [-0.2, -0.15) is 0 Å². The smallest absolute Gasteiger partial charge is 0.195 e. The van der Waals surface area contributed by atoms with Gasteiger partial charge in [0, 0.05) is 40.6 Å². The van der Waals surface area contributed by atoms with Crippen molar-refractivity contribution in [3.63, 3.8) is 0 Å². The molecule has 4 heteroatoms. The van der Waals surface area contributed by atoms with E-state index in [1.54, 1.807) is 6.20 Å². The quantitative estimate of drug-likeness (QED) is 0.535. The van der Waals surface area contributed by atoms with Crippen LogP contribution < -0.4 is 0 Å². The molecule has 0 atom stereocenters. The predicted molar refractivity (Wildman–Crippen MR) is 62.8 cm³/mol. The zero-order valence-corrected chi connectivity index (χ0v) is 9.81. The minimum Gasteiger partial charge on any atom is -0.349 e. The van der Waals surface area contributed by atoms with Crippen LogP contribution in [0.1, 0.15) is 5.56 Å². The highest BCUT2D eigenvalue weighted by Gasteiger charge is 2.03. The SMILES string of the molecule is CN(C)C(=NCc1cccnc1)N(C)C. The molecule has 4 nitrogen and oxygen atoms in total. The van der Waals surface area contributed by atoms with Gasteiger partial charge in [-0.25, -0.2) is 4.99 Å². The van der Waals surface area contributed by atoms with Crippen LogP contribution >= 0.6 is 0 Å². The van der Waals surface area contributed by atoms with Gasteiger partial charge in [0.1, 0.15) is 0 Å². The monoisotopic (exact) mass is 206 g/mol. The fourth-order valence-electron chi connectivity index (χ4n) is 1.34. The second-order valence-corrected chi connectivity index (χ2v) is 3.77. The number of guanidine groups is 1. The van der Waals surface area contributed by atoms with Crippen molar-refractivity contribution in [2.24, 2.45) is 4.99 Å². The van der Waals surface area contributed by atoms with E-state index in [-0.39, 0.29) is 0 Å². The molecule has 1 aromatic rings. The molecule has 15 heavy (non-hydrogen) atoms. The normalized spacial score (nSPS) is 9.60. The number of hydrogen-bond donors (Lipinski definition) is 0. The molecule has 0 amide bonds. The lowest BCUT2D eigenvalue weighted by Gasteiger charge is -2.22. The Balaban J connectivity index is 2.70. The van der Waals surface area contributed by atoms with Crippen LogP contribution in [-0.2, 0) is 6.54 Å². The molecule has 0 N–H and O–H groups in total. The van der Waals surface area contributed by atoms with Crippen molar-refractivity contribution < 1.29 is 0 Å². The molecular formula is C11H18N4. The summed E-state index contributed by atoms with van der Waals surface area (Å²) in [6.45, 7) is 0.666. The number of nitrogens with zero attached hydrogens (tertiary/aromatic N) is 4. The van der Waals surface area contributed by atoms with Crippen molar-refractivity contribution in [3.8, 4) is 0 Å². The van der Waals surface area contributed by atoms with Gasteiger partial charge in [-0.1, -0.05) is 6.07 Å². The van der Waals surface area contributed by atoms with E-state index in [1.165, 1.54) is 0 Å². The third kappa shape index (κ3) is 3.58. The number of pyridine rings is 1. The van der Waals surface area contributed by atoms with E-state index in [0.29, 0.717) is 6.54 Å². The molecule has 0 saturated carbocycles. The van der Waals surface area contributed by atoms with Gasteiger partial charge in [0.25, 0.3) is 0 Å². The van der Waals surface area contributed by atoms with Gasteiger partial charge in [0.2, 0.25) is 0 Å². The molecule has 82 valence electrons. The maximum atomic E-state index is 4.52. The molecule has 1 aromatic heterocycles. The Labute approximate surface area is 91.3 Å². The molecule has 0 aliphatic rings. The summed E-state index contributed by atoms with van der Waals surface area (Å²) < 4.78 is 0. The standard InChI is InChI=1S/C11H18N4/c1-14(2)11(15(3)4)13-9-10-6-5-7-12-8-10/h5-8H,9H2,1-4H3. The van der Waals surface area contributed by atoms with Crippen molar-refractivity contribution in [3.05, 3.63) is 30.1 Å². The highest BCUT2D eigenvalue weighted by atomic mass is 15.3. The maximum absolute atomic E-state index is 4.52. The van der Waals surface area contributed by atoms with Crippen LogP contribution in [-0.4, -0.2) is 48.9 Å². The van der Waals surface area contributed by atoms with E-state index in [9.17, 15) is 0 Å². The first-order chi connectivity index (χ1) is 7.11. The first-order valence-electron chi connectivity index (χ1n) is 4.89. The highest BCUT2D eigenvalue weighted by molar-refractivity contribution is 5.79. The van der Waals surface area contributed by atoms with Gasteiger partial charge in [-0.3, -0.25) is 4.98 Å². The van der Waals surface area contributed by atoms with E-state index < -0.39 is 0 Å². The molecule has 0 radical (unpaired) electrons. The second-order valence-electron chi connectivity index (χ2n) is 3.77. The zero-order chi connectivity index (χ0) is 11.3. The van der Waals surface area contributed by atoms with E-state index in [0.717, 1.165) is 11.5 Å². The van der Waals surface area contributed by atoms with Crippen molar-refractivity contribution in [2.45, 2.75) is 6.54 Å². The molecule has 1 rings (SSSR count). The van der Waals surface area contributed by atoms with Crippen LogP contribution in [0.5, 0.6) is 0 Å². The molecule has 0 aliphatic heterocycles. The van der Waals surface area contributed by atoms with Gasteiger partial charge in [-0.05, 0) is 11.6 Å². The van der Waals surface area contributed by atoms with Gasteiger partial charge in [0.05, 0.1) is 6.54 Å². The zero-order valence-electron chi connectivity index (χ0n) is 9.81. The fraction of sp³-hybridized carbons (Fsp3) is 0.455. The molecule has 0 unspecified atom stereocenters. The summed E-state index contributed by atoms with van der Waals surface area (Å²) in [6.07, 6.45) is 3.61. The Morgan fingerprint density at radius 2 is 1.93 bits per heavy atom. The minimum atomic E-state index is 0.666. The average molecular weight is 206 g/mol. The lowest BCUT2D eigenvalue weighted by Crippen LogP contribution is -2.35. The summed E-state index contributed by atoms with van der Waals surface area (Å²) >= 11 is 0. The largest absolute Gasteiger partial charge is 0.349 e. The third-order valence-corrected chi connectivity index (χ3v) is 1.93. The van der Waals surface area contributed by atoms with E-state index in [4.69, 9.17) is 0 Å². The summed E-state index contributed by atoms with van der Waals surface area (Å²) in [5.41, 5.74) is 1.12. The average Bonchev–Trinajstić information content (AvgIpc) is 2.18. The van der Waals surface area contributed by atoms with Crippen molar-refractivity contribution in [2.75, 3.05) is 28.2 Å². The van der Waals surface area contributed by atoms with Gasteiger partial charge in [0.15, 0.2) is 5.96 Å². The van der Waals surface area contributed by atoms with Crippen molar-refractivity contribution >= 4 is 5.96 Å². The predicted octanol–water partition coefficient (Wildman–Crippen LogP) is 1.06. The van der Waals surface area contributed by atoms with Crippen LogP contribution in [0.3, 0.4) is 0 Å². The first-order valence-corrected chi connectivity index (χ1v) is 4.89. The van der Waals surface area contributed by atoms with Gasteiger partial charge >= 0.3 is 0 Å². The Hall–Kier alpha value is -1.58. The van der Waals surface area contributed by atoms with Crippen LogP contribution in [0.15, 0.2) is 29.5 Å². The van der Waals surface area contributed by atoms with E-state index in [2.05, 4.69) is 9.98 Å². The molecule has 0 spiro atoms. The molecule has 0 fully saturated rings. The summed E-state index contributed by atoms with van der Waals surface area (Å²) in [6, 6.07) is 3.95. The second kappa shape index (κ2) is 5.34. The minimum absolute atomic E-state index is 0.666.